The molecule has 0 unspecified atom stereocenters. The van der Waals surface area contributed by atoms with E-state index in [4.69, 9.17) is 17.3 Å². The second-order valence-electron chi connectivity index (χ2n) is 3.40. The maximum atomic E-state index is 13.5. The lowest BCUT2D eigenvalue weighted by Gasteiger charge is -2.05. The van der Waals surface area contributed by atoms with Gasteiger partial charge in [0.05, 0.1) is 0 Å². The number of hydrogen-bond acceptors (Lipinski definition) is 1. The smallest absolute Gasteiger partial charge is 0.131 e. The fourth-order valence-electron chi connectivity index (χ4n) is 1.49. The molecule has 1 nitrogen and oxygen atoms in total. The van der Waals surface area contributed by atoms with Gasteiger partial charge in [0.25, 0.3) is 0 Å². The Morgan fingerprint density at radius 1 is 1.00 bits per heavy atom. The summed E-state index contributed by atoms with van der Waals surface area (Å²) in [5, 5.41) is 0.388. The van der Waals surface area contributed by atoms with Gasteiger partial charge in [0, 0.05) is 16.3 Å². The monoisotopic (exact) mass is 239 g/mol. The minimum atomic E-state index is -0.505. The number of halogens is 3. The third-order valence-corrected chi connectivity index (χ3v) is 2.39. The highest BCUT2D eigenvalue weighted by molar-refractivity contribution is 6.30. The Morgan fingerprint density at radius 2 is 1.75 bits per heavy atom. The van der Waals surface area contributed by atoms with Crippen molar-refractivity contribution in [1.82, 2.24) is 0 Å². The van der Waals surface area contributed by atoms with E-state index in [0.29, 0.717) is 10.6 Å². The van der Waals surface area contributed by atoms with Gasteiger partial charge in [-0.2, -0.15) is 0 Å². The number of rotatable bonds is 1. The second kappa shape index (κ2) is 4.10. The summed E-state index contributed by atoms with van der Waals surface area (Å²) in [6.45, 7) is 0. The fourth-order valence-corrected chi connectivity index (χ4v) is 1.66. The van der Waals surface area contributed by atoms with Crippen LogP contribution in [0.1, 0.15) is 0 Å². The summed E-state index contributed by atoms with van der Waals surface area (Å²) in [6, 6.07) is 7.99. The lowest BCUT2D eigenvalue weighted by Crippen LogP contribution is -1.90. The average Bonchev–Trinajstić information content (AvgIpc) is 2.20. The van der Waals surface area contributed by atoms with Crippen LogP contribution in [0.4, 0.5) is 14.5 Å². The van der Waals surface area contributed by atoms with E-state index < -0.39 is 11.6 Å². The summed E-state index contributed by atoms with van der Waals surface area (Å²) < 4.78 is 26.6. The molecule has 0 amide bonds. The maximum Gasteiger partial charge on any atom is 0.131 e. The third-order valence-electron chi connectivity index (χ3n) is 2.16. The van der Waals surface area contributed by atoms with Crippen molar-refractivity contribution in [1.29, 1.82) is 0 Å². The first-order chi connectivity index (χ1) is 7.56. The molecular weight excluding hydrogens is 232 g/mol. The van der Waals surface area contributed by atoms with Crippen molar-refractivity contribution >= 4 is 17.3 Å². The van der Waals surface area contributed by atoms with Gasteiger partial charge in [-0.3, -0.25) is 0 Å². The second-order valence-corrected chi connectivity index (χ2v) is 3.83. The minimum Gasteiger partial charge on any atom is -0.399 e. The number of anilines is 1. The average molecular weight is 240 g/mol. The molecule has 0 fully saturated rings. The van der Waals surface area contributed by atoms with E-state index in [2.05, 4.69) is 0 Å². The highest BCUT2D eigenvalue weighted by atomic mass is 35.5. The summed E-state index contributed by atoms with van der Waals surface area (Å²) >= 11 is 5.75. The molecule has 0 aliphatic rings. The summed E-state index contributed by atoms with van der Waals surface area (Å²) in [7, 11) is 0. The molecule has 16 heavy (non-hydrogen) atoms. The van der Waals surface area contributed by atoms with Gasteiger partial charge in [-0.05, 0) is 42.0 Å². The van der Waals surface area contributed by atoms with E-state index in [-0.39, 0.29) is 11.3 Å². The Balaban J connectivity index is 2.62. The molecule has 0 aromatic heterocycles. The molecule has 0 spiro atoms. The van der Waals surface area contributed by atoms with E-state index >= 15 is 0 Å². The van der Waals surface area contributed by atoms with Gasteiger partial charge in [-0.15, -0.1) is 0 Å². The van der Waals surface area contributed by atoms with Crippen LogP contribution in [0.3, 0.4) is 0 Å². The minimum absolute atomic E-state index is 0.235. The maximum absolute atomic E-state index is 13.5. The van der Waals surface area contributed by atoms with Gasteiger partial charge in [-0.1, -0.05) is 11.6 Å². The van der Waals surface area contributed by atoms with E-state index in [9.17, 15) is 8.78 Å². The van der Waals surface area contributed by atoms with E-state index in [1.54, 1.807) is 0 Å². The van der Waals surface area contributed by atoms with Crippen molar-refractivity contribution < 1.29 is 8.78 Å². The summed E-state index contributed by atoms with van der Waals surface area (Å²) in [6.07, 6.45) is 0. The topological polar surface area (TPSA) is 26.0 Å². The quantitative estimate of drug-likeness (QED) is 0.751. The molecular formula is C12H8ClF2N. The van der Waals surface area contributed by atoms with Gasteiger partial charge < -0.3 is 5.73 Å². The van der Waals surface area contributed by atoms with Crippen LogP contribution in [0.2, 0.25) is 5.02 Å². The predicted molar refractivity (Wildman–Crippen MR) is 61.2 cm³/mol. The number of benzene rings is 2. The zero-order valence-corrected chi connectivity index (χ0v) is 8.93. The lowest BCUT2D eigenvalue weighted by molar-refractivity contribution is 0.625. The highest BCUT2D eigenvalue weighted by Crippen LogP contribution is 2.28. The molecule has 0 atom stereocenters. The Morgan fingerprint density at radius 3 is 2.44 bits per heavy atom. The van der Waals surface area contributed by atoms with Crippen molar-refractivity contribution in [2.45, 2.75) is 0 Å². The first kappa shape index (κ1) is 10.9. The third kappa shape index (κ3) is 2.14. The molecule has 0 aliphatic carbocycles. The summed E-state index contributed by atoms with van der Waals surface area (Å²) in [5.41, 5.74) is 6.34. The Labute approximate surface area is 96.5 Å². The lowest BCUT2D eigenvalue weighted by atomic mass is 10.0. The number of nitrogens with two attached hydrogens (primary N) is 1. The highest BCUT2D eigenvalue weighted by Gasteiger charge is 2.07. The van der Waals surface area contributed by atoms with Crippen LogP contribution >= 0.6 is 11.6 Å². The van der Waals surface area contributed by atoms with Crippen LogP contribution in [0.25, 0.3) is 11.1 Å². The largest absolute Gasteiger partial charge is 0.399 e. The molecule has 0 heterocycles. The molecule has 4 heteroatoms. The van der Waals surface area contributed by atoms with Gasteiger partial charge >= 0.3 is 0 Å². The van der Waals surface area contributed by atoms with Gasteiger partial charge in [0.1, 0.15) is 11.6 Å². The van der Waals surface area contributed by atoms with Crippen LogP contribution in [-0.4, -0.2) is 0 Å². The number of nitrogen functional groups attached to an aromatic ring is 1. The summed E-state index contributed by atoms with van der Waals surface area (Å²) in [5.74, 6) is -0.969. The number of hydrogen-bond donors (Lipinski definition) is 1. The molecule has 2 aromatic carbocycles. The van der Waals surface area contributed by atoms with E-state index in [1.807, 2.05) is 0 Å². The summed E-state index contributed by atoms with van der Waals surface area (Å²) in [4.78, 5) is 0. The molecule has 2 rings (SSSR count). The van der Waals surface area contributed by atoms with Crippen molar-refractivity contribution in [2.24, 2.45) is 0 Å². The van der Waals surface area contributed by atoms with Crippen LogP contribution < -0.4 is 5.73 Å². The van der Waals surface area contributed by atoms with E-state index in [1.165, 1.54) is 36.4 Å². The van der Waals surface area contributed by atoms with Crippen LogP contribution in [0, 0.1) is 11.6 Å². The van der Waals surface area contributed by atoms with Crippen LogP contribution in [-0.2, 0) is 0 Å². The zero-order valence-electron chi connectivity index (χ0n) is 8.18. The Bertz CT molecular complexity index is 520. The predicted octanol–water partition coefficient (Wildman–Crippen LogP) is 3.87. The molecule has 0 saturated carbocycles. The fraction of sp³-hybridized carbons (Fsp3) is 0. The zero-order chi connectivity index (χ0) is 11.7. The molecule has 0 radical (unpaired) electrons. The Kier molecular flexibility index (Phi) is 2.79. The SMILES string of the molecule is Nc1cc(F)cc(-c2cc(Cl)ccc2F)c1. The van der Waals surface area contributed by atoms with Gasteiger partial charge in [0.2, 0.25) is 0 Å². The molecule has 82 valence electrons. The van der Waals surface area contributed by atoms with Crippen molar-refractivity contribution in [3.8, 4) is 11.1 Å². The Hall–Kier alpha value is -1.61. The van der Waals surface area contributed by atoms with Crippen LogP contribution in [0.5, 0.6) is 0 Å². The first-order valence-electron chi connectivity index (χ1n) is 4.58. The molecule has 0 saturated heterocycles. The molecule has 2 aromatic rings. The van der Waals surface area contributed by atoms with E-state index in [0.717, 1.165) is 0 Å². The van der Waals surface area contributed by atoms with Crippen molar-refractivity contribution in [3.63, 3.8) is 0 Å². The molecule has 0 aliphatic heterocycles. The van der Waals surface area contributed by atoms with Crippen molar-refractivity contribution in [3.05, 3.63) is 53.1 Å². The normalized spacial score (nSPS) is 10.4. The van der Waals surface area contributed by atoms with Gasteiger partial charge in [0.15, 0.2) is 0 Å². The standard InChI is InChI=1S/C12H8ClF2N/c13-8-1-2-12(15)11(5-8)7-3-9(14)6-10(16)4-7/h1-6H,16H2. The van der Waals surface area contributed by atoms with Gasteiger partial charge in [-0.25, -0.2) is 8.78 Å². The van der Waals surface area contributed by atoms with Crippen LogP contribution in [0.15, 0.2) is 36.4 Å². The first-order valence-corrected chi connectivity index (χ1v) is 4.95. The molecule has 2 N–H and O–H groups in total. The molecule has 0 bridgehead atoms. The van der Waals surface area contributed by atoms with Crippen molar-refractivity contribution in [2.75, 3.05) is 5.73 Å².